The summed E-state index contributed by atoms with van der Waals surface area (Å²) in [7, 11) is 4.01. The zero-order valence-electron chi connectivity index (χ0n) is 11.4. The lowest BCUT2D eigenvalue weighted by atomic mass is 10.2. The Bertz CT molecular complexity index is 378. The van der Waals surface area contributed by atoms with E-state index in [2.05, 4.69) is 10.2 Å². The van der Waals surface area contributed by atoms with E-state index in [1.54, 1.807) is 0 Å². The van der Waals surface area contributed by atoms with Crippen LogP contribution in [0, 0.1) is 0 Å². The Morgan fingerprint density at radius 1 is 1.39 bits per heavy atom. The van der Waals surface area contributed by atoms with Crippen molar-refractivity contribution in [2.24, 2.45) is 0 Å². The van der Waals surface area contributed by atoms with Gasteiger partial charge < -0.3 is 15.0 Å². The maximum absolute atomic E-state index is 11.5. The molecule has 0 saturated heterocycles. The number of hydrogen-bond acceptors (Lipinski definition) is 3. The fraction of sp³-hybridized carbons (Fsp3) is 0.500. The van der Waals surface area contributed by atoms with Crippen LogP contribution in [0.1, 0.15) is 19.8 Å². The van der Waals surface area contributed by atoms with Gasteiger partial charge >= 0.3 is 0 Å². The van der Waals surface area contributed by atoms with Crippen LogP contribution in [0.15, 0.2) is 24.3 Å². The Hall–Kier alpha value is -1.55. The number of benzene rings is 1. The van der Waals surface area contributed by atoms with Crippen LogP contribution >= 0.6 is 0 Å². The molecule has 0 bridgehead atoms. The standard InChI is InChI=1S/C14H22N2O2/c1-4-6-14(17)15-12-7-5-8-13(11-12)18-10-9-16(2)3/h5,7-8,11H,4,6,9-10H2,1-3H3,(H,15,17). The lowest BCUT2D eigenvalue weighted by Crippen LogP contribution is -2.19. The number of carbonyl (C=O) groups excluding carboxylic acids is 1. The number of carbonyl (C=O) groups is 1. The minimum atomic E-state index is 0.0444. The van der Waals surface area contributed by atoms with Crippen molar-refractivity contribution in [3.05, 3.63) is 24.3 Å². The van der Waals surface area contributed by atoms with Crippen LogP contribution < -0.4 is 10.1 Å². The number of likely N-dealkylation sites (N-methyl/N-ethyl adjacent to an activating group) is 1. The van der Waals surface area contributed by atoms with Crippen LogP contribution in [0.4, 0.5) is 5.69 Å². The van der Waals surface area contributed by atoms with Crippen LogP contribution in [0.5, 0.6) is 5.75 Å². The molecule has 0 unspecified atom stereocenters. The van der Waals surface area contributed by atoms with Gasteiger partial charge in [0.25, 0.3) is 0 Å². The summed E-state index contributed by atoms with van der Waals surface area (Å²) in [5.41, 5.74) is 0.788. The average Bonchev–Trinajstić information content (AvgIpc) is 2.29. The second-order valence-electron chi connectivity index (χ2n) is 4.48. The molecule has 1 aromatic rings. The number of nitrogens with zero attached hydrogens (tertiary/aromatic N) is 1. The van der Waals surface area contributed by atoms with Gasteiger partial charge in [-0.2, -0.15) is 0 Å². The number of hydrogen-bond donors (Lipinski definition) is 1. The first-order chi connectivity index (χ1) is 8.61. The van der Waals surface area contributed by atoms with Gasteiger partial charge in [0.05, 0.1) is 0 Å². The van der Waals surface area contributed by atoms with Gasteiger partial charge in [-0.05, 0) is 32.6 Å². The first-order valence-corrected chi connectivity index (χ1v) is 6.29. The third kappa shape index (κ3) is 5.68. The number of ether oxygens (including phenoxy) is 1. The van der Waals surface area contributed by atoms with E-state index in [0.29, 0.717) is 13.0 Å². The fourth-order valence-corrected chi connectivity index (χ4v) is 1.46. The van der Waals surface area contributed by atoms with E-state index in [-0.39, 0.29) is 5.91 Å². The number of nitrogens with one attached hydrogen (secondary N) is 1. The summed E-state index contributed by atoms with van der Waals surface area (Å²) in [4.78, 5) is 13.5. The molecule has 0 spiro atoms. The van der Waals surface area contributed by atoms with E-state index in [9.17, 15) is 4.79 Å². The van der Waals surface area contributed by atoms with Crippen LogP contribution in [-0.4, -0.2) is 38.1 Å². The predicted octanol–water partition coefficient (Wildman–Crippen LogP) is 2.37. The first-order valence-electron chi connectivity index (χ1n) is 6.29. The van der Waals surface area contributed by atoms with Gasteiger partial charge in [0.2, 0.25) is 5.91 Å². The lowest BCUT2D eigenvalue weighted by Gasteiger charge is -2.12. The maximum Gasteiger partial charge on any atom is 0.224 e. The fourth-order valence-electron chi connectivity index (χ4n) is 1.46. The highest BCUT2D eigenvalue weighted by atomic mass is 16.5. The molecule has 0 fully saturated rings. The van der Waals surface area contributed by atoms with Gasteiger partial charge in [0.1, 0.15) is 12.4 Å². The van der Waals surface area contributed by atoms with Gasteiger partial charge in [-0.3, -0.25) is 4.79 Å². The van der Waals surface area contributed by atoms with Crippen LogP contribution in [-0.2, 0) is 4.79 Å². The van der Waals surface area contributed by atoms with Gasteiger partial charge in [-0.25, -0.2) is 0 Å². The van der Waals surface area contributed by atoms with Crippen molar-refractivity contribution < 1.29 is 9.53 Å². The van der Waals surface area contributed by atoms with Crippen molar-refractivity contribution in [1.29, 1.82) is 0 Å². The molecule has 0 aliphatic carbocycles. The Morgan fingerprint density at radius 2 is 2.17 bits per heavy atom. The van der Waals surface area contributed by atoms with Gasteiger partial charge in [-0.1, -0.05) is 13.0 Å². The zero-order chi connectivity index (χ0) is 13.4. The minimum Gasteiger partial charge on any atom is -0.492 e. The molecule has 0 radical (unpaired) electrons. The average molecular weight is 250 g/mol. The normalized spacial score (nSPS) is 10.4. The SMILES string of the molecule is CCCC(=O)Nc1cccc(OCCN(C)C)c1. The van der Waals surface area contributed by atoms with Crippen LogP contribution in [0.3, 0.4) is 0 Å². The Morgan fingerprint density at radius 3 is 2.83 bits per heavy atom. The summed E-state index contributed by atoms with van der Waals surface area (Å²) in [6.45, 7) is 3.49. The smallest absolute Gasteiger partial charge is 0.224 e. The highest BCUT2D eigenvalue weighted by molar-refractivity contribution is 5.90. The third-order valence-corrected chi connectivity index (χ3v) is 2.40. The lowest BCUT2D eigenvalue weighted by molar-refractivity contribution is -0.116. The third-order valence-electron chi connectivity index (χ3n) is 2.40. The summed E-state index contributed by atoms with van der Waals surface area (Å²) in [6, 6.07) is 7.49. The van der Waals surface area contributed by atoms with Crippen LogP contribution in [0.2, 0.25) is 0 Å². The Balaban J connectivity index is 2.48. The molecule has 0 aliphatic heterocycles. The largest absolute Gasteiger partial charge is 0.492 e. The highest BCUT2D eigenvalue weighted by Gasteiger charge is 2.02. The molecule has 0 atom stereocenters. The second-order valence-corrected chi connectivity index (χ2v) is 4.48. The summed E-state index contributed by atoms with van der Waals surface area (Å²) >= 11 is 0. The van der Waals surface area contributed by atoms with E-state index in [4.69, 9.17) is 4.74 Å². The van der Waals surface area contributed by atoms with Crippen molar-refractivity contribution in [3.63, 3.8) is 0 Å². The molecule has 18 heavy (non-hydrogen) atoms. The molecule has 100 valence electrons. The molecule has 4 nitrogen and oxygen atoms in total. The summed E-state index contributed by atoms with van der Waals surface area (Å²) in [6.07, 6.45) is 1.40. The molecule has 1 N–H and O–H groups in total. The zero-order valence-corrected chi connectivity index (χ0v) is 11.4. The van der Waals surface area contributed by atoms with Crippen molar-refractivity contribution in [2.45, 2.75) is 19.8 Å². The summed E-state index contributed by atoms with van der Waals surface area (Å²) in [5.74, 6) is 0.828. The molecule has 1 rings (SSSR count). The Kier molecular flexibility index (Phi) is 6.22. The van der Waals surface area contributed by atoms with Crippen molar-refractivity contribution in [2.75, 3.05) is 32.6 Å². The Labute approximate surface area is 109 Å². The number of amides is 1. The molecule has 4 heteroatoms. The molecule has 1 aromatic carbocycles. The molecule has 0 aliphatic rings. The molecule has 0 saturated carbocycles. The number of anilines is 1. The first kappa shape index (κ1) is 14.5. The molecular weight excluding hydrogens is 228 g/mol. The molecule has 0 aromatic heterocycles. The quantitative estimate of drug-likeness (QED) is 0.807. The van der Waals surface area contributed by atoms with E-state index in [1.165, 1.54) is 0 Å². The van der Waals surface area contributed by atoms with Gasteiger partial charge in [0, 0.05) is 24.7 Å². The summed E-state index contributed by atoms with van der Waals surface area (Å²) in [5, 5.41) is 2.85. The van der Waals surface area contributed by atoms with E-state index >= 15 is 0 Å². The summed E-state index contributed by atoms with van der Waals surface area (Å²) < 4.78 is 5.61. The predicted molar refractivity (Wildman–Crippen MR) is 74.0 cm³/mol. The van der Waals surface area contributed by atoms with E-state index in [0.717, 1.165) is 24.4 Å². The molecule has 1 amide bonds. The highest BCUT2D eigenvalue weighted by Crippen LogP contribution is 2.17. The van der Waals surface area contributed by atoms with Crippen molar-refractivity contribution >= 4 is 11.6 Å². The molecule has 0 heterocycles. The van der Waals surface area contributed by atoms with Gasteiger partial charge in [0.15, 0.2) is 0 Å². The van der Waals surface area contributed by atoms with Crippen molar-refractivity contribution in [3.8, 4) is 5.75 Å². The van der Waals surface area contributed by atoms with E-state index in [1.807, 2.05) is 45.3 Å². The van der Waals surface area contributed by atoms with E-state index < -0.39 is 0 Å². The second kappa shape index (κ2) is 7.71. The van der Waals surface area contributed by atoms with Crippen LogP contribution in [0.25, 0.3) is 0 Å². The maximum atomic E-state index is 11.5. The monoisotopic (exact) mass is 250 g/mol. The topological polar surface area (TPSA) is 41.6 Å². The van der Waals surface area contributed by atoms with Crippen molar-refractivity contribution in [1.82, 2.24) is 4.90 Å². The molecular formula is C14H22N2O2. The minimum absolute atomic E-state index is 0.0444. The van der Waals surface area contributed by atoms with Gasteiger partial charge in [-0.15, -0.1) is 0 Å². The number of rotatable bonds is 7.